The number of nitrogens with zero attached hydrogens (tertiary/aromatic N) is 3. The molecule has 4 nitrogen and oxygen atoms in total. The molecule has 1 fully saturated rings. The minimum absolute atomic E-state index is 0.220. The normalized spacial score (nSPS) is 26.6. The van der Waals surface area contributed by atoms with Crippen LogP contribution in [-0.4, -0.2) is 33.3 Å². The van der Waals surface area contributed by atoms with E-state index < -0.39 is 0 Å². The molecule has 0 spiro atoms. The van der Waals surface area contributed by atoms with Crippen LogP contribution in [0.4, 0.5) is 0 Å². The summed E-state index contributed by atoms with van der Waals surface area (Å²) in [7, 11) is 2.00. The van der Waals surface area contributed by atoms with Crippen LogP contribution in [0.5, 0.6) is 0 Å². The van der Waals surface area contributed by atoms with Crippen molar-refractivity contribution in [3.05, 3.63) is 17.5 Å². The molecule has 0 aromatic carbocycles. The molecule has 2 unspecified atom stereocenters. The van der Waals surface area contributed by atoms with Crippen molar-refractivity contribution >= 4 is 0 Å². The lowest BCUT2D eigenvalue weighted by molar-refractivity contribution is 0.143. The van der Waals surface area contributed by atoms with Crippen molar-refractivity contribution in [3.63, 3.8) is 0 Å². The maximum absolute atomic E-state index is 6.44. The zero-order valence-corrected chi connectivity index (χ0v) is 12.1. The van der Waals surface area contributed by atoms with Crippen LogP contribution in [0.25, 0.3) is 0 Å². The second-order valence-electron chi connectivity index (χ2n) is 5.74. The smallest absolute Gasteiger partial charge is 0.0541 e. The van der Waals surface area contributed by atoms with Crippen molar-refractivity contribution in [1.82, 2.24) is 14.7 Å². The molecule has 1 aromatic heterocycles. The molecule has 2 atom stereocenters. The molecule has 2 rings (SSSR count). The van der Waals surface area contributed by atoms with E-state index in [1.54, 1.807) is 0 Å². The van der Waals surface area contributed by atoms with Gasteiger partial charge < -0.3 is 5.73 Å². The van der Waals surface area contributed by atoms with Gasteiger partial charge in [-0.1, -0.05) is 6.42 Å². The molecule has 18 heavy (non-hydrogen) atoms. The van der Waals surface area contributed by atoms with E-state index in [2.05, 4.69) is 30.8 Å². The van der Waals surface area contributed by atoms with Gasteiger partial charge in [0.1, 0.15) is 0 Å². The SMILES string of the molecule is Cc1c(C2C(N)CCCCN2C(C)C)cnn1C. The minimum Gasteiger partial charge on any atom is -0.326 e. The molecule has 1 aromatic rings. The number of rotatable bonds is 2. The Hall–Kier alpha value is -0.870. The van der Waals surface area contributed by atoms with Crippen molar-refractivity contribution in [1.29, 1.82) is 0 Å². The third-order valence-corrected chi connectivity index (χ3v) is 4.22. The van der Waals surface area contributed by atoms with E-state index in [-0.39, 0.29) is 6.04 Å². The second kappa shape index (κ2) is 5.41. The first kappa shape index (κ1) is 13.6. The zero-order chi connectivity index (χ0) is 13.3. The highest BCUT2D eigenvalue weighted by molar-refractivity contribution is 5.23. The highest BCUT2D eigenvalue weighted by Crippen LogP contribution is 2.32. The lowest BCUT2D eigenvalue weighted by Crippen LogP contribution is -2.43. The average Bonchev–Trinajstić information content (AvgIpc) is 2.53. The van der Waals surface area contributed by atoms with Gasteiger partial charge in [0.2, 0.25) is 0 Å². The monoisotopic (exact) mass is 250 g/mol. The molecule has 0 saturated carbocycles. The second-order valence-corrected chi connectivity index (χ2v) is 5.74. The van der Waals surface area contributed by atoms with Crippen LogP contribution in [0, 0.1) is 6.92 Å². The fourth-order valence-electron chi connectivity index (χ4n) is 3.01. The first-order valence-electron chi connectivity index (χ1n) is 7.02. The Morgan fingerprint density at radius 2 is 2.11 bits per heavy atom. The number of hydrogen-bond donors (Lipinski definition) is 1. The Kier molecular flexibility index (Phi) is 4.07. The van der Waals surface area contributed by atoms with Crippen molar-refractivity contribution in [2.75, 3.05) is 6.54 Å². The first-order valence-corrected chi connectivity index (χ1v) is 7.02. The third-order valence-electron chi connectivity index (χ3n) is 4.22. The summed E-state index contributed by atoms with van der Waals surface area (Å²) in [5.74, 6) is 0. The van der Waals surface area contributed by atoms with Gasteiger partial charge in [0, 0.05) is 30.4 Å². The predicted molar refractivity (Wildman–Crippen MR) is 74.4 cm³/mol. The third kappa shape index (κ3) is 2.45. The fraction of sp³-hybridized carbons (Fsp3) is 0.786. The Bertz CT molecular complexity index is 396. The molecular weight excluding hydrogens is 224 g/mol. The van der Waals surface area contributed by atoms with E-state index in [1.165, 1.54) is 24.1 Å². The molecule has 0 bridgehead atoms. The number of aromatic nitrogens is 2. The summed E-state index contributed by atoms with van der Waals surface area (Å²) < 4.78 is 1.95. The van der Waals surface area contributed by atoms with Gasteiger partial charge in [0.05, 0.1) is 12.2 Å². The van der Waals surface area contributed by atoms with E-state index >= 15 is 0 Å². The van der Waals surface area contributed by atoms with Gasteiger partial charge >= 0.3 is 0 Å². The quantitative estimate of drug-likeness (QED) is 0.873. The average molecular weight is 250 g/mol. The van der Waals surface area contributed by atoms with Gasteiger partial charge in [-0.25, -0.2) is 0 Å². The summed E-state index contributed by atoms with van der Waals surface area (Å²) in [4.78, 5) is 2.54. The molecule has 0 amide bonds. The number of hydrogen-bond acceptors (Lipinski definition) is 3. The zero-order valence-electron chi connectivity index (χ0n) is 12.1. The van der Waals surface area contributed by atoms with Crippen LogP contribution < -0.4 is 5.73 Å². The molecule has 102 valence electrons. The summed E-state index contributed by atoms with van der Waals surface area (Å²) in [6.45, 7) is 7.80. The van der Waals surface area contributed by atoms with Gasteiger partial charge in [0.25, 0.3) is 0 Å². The summed E-state index contributed by atoms with van der Waals surface area (Å²) in [5.41, 5.74) is 8.98. The van der Waals surface area contributed by atoms with Crippen molar-refractivity contribution in [2.45, 2.75) is 58.2 Å². The van der Waals surface area contributed by atoms with Crippen LogP contribution in [0.3, 0.4) is 0 Å². The van der Waals surface area contributed by atoms with Crippen LogP contribution in [0.1, 0.15) is 50.4 Å². The van der Waals surface area contributed by atoms with Gasteiger partial charge in [0.15, 0.2) is 0 Å². The van der Waals surface area contributed by atoms with Crippen molar-refractivity contribution in [2.24, 2.45) is 12.8 Å². The van der Waals surface area contributed by atoms with Crippen LogP contribution in [-0.2, 0) is 7.05 Å². The summed E-state index contributed by atoms with van der Waals surface area (Å²) in [6, 6.07) is 1.07. The molecule has 4 heteroatoms. The fourth-order valence-corrected chi connectivity index (χ4v) is 3.01. The van der Waals surface area contributed by atoms with Gasteiger partial charge in [-0.2, -0.15) is 5.10 Å². The lowest BCUT2D eigenvalue weighted by Gasteiger charge is -2.36. The summed E-state index contributed by atoms with van der Waals surface area (Å²) in [5, 5.41) is 4.38. The van der Waals surface area contributed by atoms with Crippen LogP contribution >= 0.6 is 0 Å². The lowest BCUT2D eigenvalue weighted by atomic mass is 9.96. The van der Waals surface area contributed by atoms with E-state index in [9.17, 15) is 0 Å². The predicted octanol–water partition coefficient (Wildman–Crippen LogP) is 1.99. The molecule has 2 heterocycles. The Morgan fingerprint density at radius 3 is 2.67 bits per heavy atom. The Balaban J connectivity index is 2.37. The standard InChI is InChI=1S/C14H26N4/c1-10(2)18-8-6-5-7-13(15)14(18)12-9-16-17(4)11(12)3/h9-10,13-14H,5-8,15H2,1-4H3. The molecular formula is C14H26N4. The highest BCUT2D eigenvalue weighted by Gasteiger charge is 2.32. The molecule has 0 aliphatic carbocycles. The molecule has 1 aliphatic rings. The first-order chi connectivity index (χ1) is 8.52. The number of aryl methyl sites for hydroxylation is 1. The highest BCUT2D eigenvalue weighted by atomic mass is 15.3. The van der Waals surface area contributed by atoms with Gasteiger partial charge in [-0.05, 0) is 40.2 Å². The van der Waals surface area contributed by atoms with Gasteiger partial charge in [-0.3, -0.25) is 9.58 Å². The summed E-state index contributed by atoms with van der Waals surface area (Å²) in [6.07, 6.45) is 5.60. The maximum Gasteiger partial charge on any atom is 0.0541 e. The van der Waals surface area contributed by atoms with E-state index in [0.29, 0.717) is 12.1 Å². The Labute approximate surface area is 110 Å². The number of nitrogens with two attached hydrogens (primary N) is 1. The van der Waals surface area contributed by atoms with E-state index in [1.807, 2.05) is 17.9 Å². The summed E-state index contributed by atoms with van der Waals surface area (Å²) >= 11 is 0. The Morgan fingerprint density at radius 1 is 1.39 bits per heavy atom. The van der Waals surface area contributed by atoms with E-state index in [4.69, 9.17) is 5.73 Å². The van der Waals surface area contributed by atoms with Gasteiger partial charge in [-0.15, -0.1) is 0 Å². The van der Waals surface area contributed by atoms with Crippen molar-refractivity contribution < 1.29 is 0 Å². The van der Waals surface area contributed by atoms with E-state index in [0.717, 1.165) is 13.0 Å². The largest absolute Gasteiger partial charge is 0.326 e. The molecule has 0 radical (unpaired) electrons. The molecule has 1 saturated heterocycles. The topological polar surface area (TPSA) is 47.1 Å². The molecule has 1 aliphatic heterocycles. The number of likely N-dealkylation sites (tertiary alicyclic amines) is 1. The van der Waals surface area contributed by atoms with Crippen LogP contribution in [0.2, 0.25) is 0 Å². The maximum atomic E-state index is 6.44. The minimum atomic E-state index is 0.220. The van der Waals surface area contributed by atoms with Crippen LogP contribution in [0.15, 0.2) is 6.20 Å². The van der Waals surface area contributed by atoms with Crippen molar-refractivity contribution in [3.8, 4) is 0 Å². The molecule has 2 N–H and O–H groups in total.